The van der Waals surface area contributed by atoms with Crippen LogP contribution >= 0.6 is 11.8 Å². The van der Waals surface area contributed by atoms with E-state index in [0.717, 1.165) is 12.4 Å². The Balaban J connectivity index is 2.73. The molecule has 74 valence electrons. The summed E-state index contributed by atoms with van der Waals surface area (Å²) < 4.78 is 15.3. The second-order valence-electron chi connectivity index (χ2n) is 2.21. The minimum Gasteiger partial charge on any atom is -0.382 e. The fraction of sp³-hybridized carbons (Fsp3) is 1.00. The van der Waals surface area contributed by atoms with Crippen molar-refractivity contribution in [3.63, 3.8) is 0 Å². The maximum atomic E-state index is 5.27. The van der Waals surface area contributed by atoms with Gasteiger partial charge in [-0.05, 0) is 6.26 Å². The highest BCUT2D eigenvalue weighted by Gasteiger charge is 1.88. The third kappa shape index (κ3) is 10.2. The second-order valence-corrected chi connectivity index (χ2v) is 3.20. The molecule has 0 aliphatic rings. The van der Waals surface area contributed by atoms with Crippen LogP contribution in [0.25, 0.3) is 0 Å². The highest BCUT2D eigenvalue weighted by Crippen LogP contribution is 1.90. The van der Waals surface area contributed by atoms with Crippen LogP contribution in [0.5, 0.6) is 0 Å². The largest absolute Gasteiger partial charge is 0.382 e. The van der Waals surface area contributed by atoms with E-state index in [1.54, 1.807) is 18.9 Å². The lowest BCUT2D eigenvalue weighted by molar-refractivity contribution is 0.0286. The maximum Gasteiger partial charge on any atom is 0.0701 e. The highest BCUT2D eigenvalue weighted by molar-refractivity contribution is 7.98. The van der Waals surface area contributed by atoms with Gasteiger partial charge in [-0.1, -0.05) is 0 Å². The lowest BCUT2D eigenvalue weighted by Gasteiger charge is -2.04. The Morgan fingerprint density at radius 1 is 0.917 bits per heavy atom. The Hall–Kier alpha value is 0.230. The summed E-state index contributed by atoms with van der Waals surface area (Å²) in [5.41, 5.74) is 0. The number of hydrogen-bond donors (Lipinski definition) is 0. The van der Waals surface area contributed by atoms with Crippen LogP contribution in [0.4, 0.5) is 0 Å². The van der Waals surface area contributed by atoms with Crippen LogP contribution in [0.15, 0.2) is 0 Å². The predicted molar refractivity (Wildman–Crippen MR) is 51.9 cm³/mol. The van der Waals surface area contributed by atoms with Crippen LogP contribution < -0.4 is 0 Å². The maximum absolute atomic E-state index is 5.27. The number of ether oxygens (including phenoxy) is 3. The Bertz CT molecular complexity index is 70.7. The molecule has 0 saturated carbocycles. The molecule has 0 N–H and O–H groups in total. The SMILES string of the molecule is COCCOCCOCCSC. The molecular weight excluding hydrogens is 176 g/mol. The third-order valence-corrected chi connectivity index (χ3v) is 1.81. The summed E-state index contributed by atoms with van der Waals surface area (Å²) in [6.07, 6.45) is 2.07. The van der Waals surface area contributed by atoms with Crippen molar-refractivity contribution >= 4 is 11.8 Å². The van der Waals surface area contributed by atoms with Crippen molar-refractivity contribution in [2.75, 3.05) is 52.2 Å². The molecule has 3 nitrogen and oxygen atoms in total. The molecule has 0 atom stereocenters. The summed E-state index contributed by atoms with van der Waals surface area (Å²) in [4.78, 5) is 0. The molecule has 0 spiro atoms. The summed E-state index contributed by atoms with van der Waals surface area (Å²) in [5, 5.41) is 0. The molecule has 0 aromatic rings. The number of methoxy groups -OCH3 is 1. The van der Waals surface area contributed by atoms with E-state index in [2.05, 4.69) is 6.26 Å². The lowest BCUT2D eigenvalue weighted by Crippen LogP contribution is -2.09. The van der Waals surface area contributed by atoms with E-state index >= 15 is 0 Å². The van der Waals surface area contributed by atoms with Gasteiger partial charge < -0.3 is 14.2 Å². The Morgan fingerprint density at radius 2 is 1.50 bits per heavy atom. The molecule has 0 amide bonds. The van der Waals surface area contributed by atoms with E-state index in [1.807, 2.05) is 0 Å². The van der Waals surface area contributed by atoms with Crippen molar-refractivity contribution in [1.82, 2.24) is 0 Å². The van der Waals surface area contributed by atoms with Gasteiger partial charge >= 0.3 is 0 Å². The smallest absolute Gasteiger partial charge is 0.0701 e. The van der Waals surface area contributed by atoms with Crippen molar-refractivity contribution in [3.05, 3.63) is 0 Å². The van der Waals surface area contributed by atoms with Crippen molar-refractivity contribution < 1.29 is 14.2 Å². The first-order valence-corrected chi connectivity index (χ1v) is 5.44. The quantitative estimate of drug-likeness (QED) is 0.512. The molecule has 4 heteroatoms. The summed E-state index contributed by atoms with van der Waals surface area (Å²) >= 11 is 1.79. The van der Waals surface area contributed by atoms with Gasteiger partial charge in [0.2, 0.25) is 0 Å². The molecule has 0 bridgehead atoms. The Morgan fingerprint density at radius 3 is 2.08 bits per heavy atom. The van der Waals surface area contributed by atoms with Crippen LogP contribution in [0.1, 0.15) is 0 Å². The zero-order valence-corrected chi connectivity index (χ0v) is 8.69. The van der Waals surface area contributed by atoms with Gasteiger partial charge in [0, 0.05) is 12.9 Å². The molecule has 0 radical (unpaired) electrons. The molecule has 0 rings (SSSR count). The molecule has 0 aliphatic heterocycles. The van der Waals surface area contributed by atoms with E-state index in [9.17, 15) is 0 Å². The molecule has 0 aromatic heterocycles. The number of rotatable bonds is 9. The lowest BCUT2D eigenvalue weighted by atomic mass is 10.7. The molecule has 0 unspecified atom stereocenters. The van der Waals surface area contributed by atoms with Gasteiger partial charge in [0.25, 0.3) is 0 Å². The van der Waals surface area contributed by atoms with E-state index in [1.165, 1.54) is 0 Å². The van der Waals surface area contributed by atoms with Gasteiger partial charge in [0.15, 0.2) is 0 Å². The first-order chi connectivity index (χ1) is 5.91. The van der Waals surface area contributed by atoms with Crippen molar-refractivity contribution in [2.45, 2.75) is 0 Å². The van der Waals surface area contributed by atoms with Gasteiger partial charge in [-0.15, -0.1) is 0 Å². The molecule has 12 heavy (non-hydrogen) atoms. The first kappa shape index (κ1) is 12.2. The predicted octanol–water partition coefficient (Wildman–Crippen LogP) is 1.03. The third-order valence-electron chi connectivity index (χ3n) is 1.24. The van der Waals surface area contributed by atoms with Crippen LogP contribution in [-0.2, 0) is 14.2 Å². The van der Waals surface area contributed by atoms with Crippen LogP contribution in [0, 0.1) is 0 Å². The summed E-state index contributed by atoms with van der Waals surface area (Å²) in [6.45, 7) is 3.48. The highest BCUT2D eigenvalue weighted by atomic mass is 32.2. The Kier molecular flexibility index (Phi) is 11.4. The van der Waals surface area contributed by atoms with E-state index in [4.69, 9.17) is 14.2 Å². The van der Waals surface area contributed by atoms with Crippen LogP contribution in [0.2, 0.25) is 0 Å². The molecular formula is C8H18O3S. The zero-order valence-electron chi connectivity index (χ0n) is 7.88. The van der Waals surface area contributed by atoms with Gasteiger partial charge in [-0.25, -0.2) is 0 Å². The molecule has 0 aliphatic carbocycles. The van der Waals surface area contributed by atoms with Crippen molar-refractivity contribution in [1.29, 1.82) is 0 Å². The monoisotopic (exact) mass is 194 g/mol. The normalized spacial score (nSPS) is 10.5. The number of thioether (sulfide) groups is 1. The van der Waals surface area contributed by atoms with E-state index in [0.29, 0.717) is 26.4 Å². The van der Waals surface area contributed by atoms with Crippen molar-refractivity contribution in [2.24, 2.45) is 0 Å². The molecule has 0 fully saturated rings. The minimum absolute atomic E-state index is 0.655. The van der Waals surface area contributed by atoms with Gasteiger partial charge in [0.05, 0.1) is 33.0 Å². The second kappa shape index (κ2) is 11.2. The molecule has 0 aromatic carbocycles. The first-order valence-electron chi connectivity index (χ1n) is 4.05. The summed E-state index contributed by atoms with van der Waals surface area (Å²) in [7, 11) is 1.67. The molecule has 0 saturated heterocycles. The van der Waals surface area contributed by atoms with Gasteiger partial charge in [0.1, 0.15) is 0 Å². The number of hydrogen-bond acceptors (Lipinski definition) is 4. The average Bonchev–Trinajstić information content (AvgIpc) is 2.10. The average molecular weight is 194 g/mol. The Labute approximate surface area is 78.8 Å². The van der Waals surface area contributed by atoms with Crippen LogP contribution in [-0.4, -0.2) is 52.2 Å². The minimum atomic E-state index is 0.655. The van der Waals surface area contributed by atoms with E-state index < -0.39 is 0 Å². The fourth-order valence-corrected chi connectivity index (χ4v) is 0.891. The topological polar surface area (TPSA) is 27.7 Å². The summed E-state index contributed by atoms with van der Waals surface area (Å²) in [6, 6.07) is 0. The van der Waals surface area contributed by atoms with Crippen LogP contribution in [0.3, 0.4) is 0 Å². The van der Waals surface area contributed by atoms with E-state index in [-0.39, 0.29) is 0 Å². The molecule has 0 heterocycles. The standard InChI is InChI=1S/C8H18O3S/c1-9-3-4-10-5-6-11-7-8-12-2/h3-8H2,1-2H3. The van der Waals surface area contributed by atoms with Gasteiger partial charge in [-0.3, -0.25) is 0 Å². The zero-order chi connectivity index (χ0) is 9.07. The van der Waals surface area contributed by atoms with Gasteiger partial charge in [-0.2, -0.15) is 11.8 Å². The van der Waals surface area contributed by atoms with Crippen molar-refractivity contribution in [3.8, 4) is 0 Å². The fourth-order valence-electron chi connectivity index (χ4n) is 0.606. The summed E-state index contributed by atoms with van der Waals surface area (Å²) in [5.74, 6) is 1.05.